The van der Waals surface area contributed by atoms with Crippen molar-refractivity contribution >= 4 is 56.9 Å². The fraction of sp³-hybridized carbons (Fsp3) is 0.240. The Labute approximate surface area is 217 Å². The van der Waals surface area contributed by atoms with Gasteiger partial charge in [-0.1, -0.05) is 6.07 Å². The number of methoxy groups -OCH3 is 2. The summed E-state index contributed by atoms with van der Waals surface area (Å²) in [6, 6.07) is 10.4. The first-order chi connectivity index (χ1) is 18.0. The summed E-state index contributed by atoms with van der Waals surface area (Å²) < 4.78 is 10.7. The first-order valence-electron chi connectivity index (χ1n) is 11.5. The Kier molecular flexibility index (Phi) is 6.73. The van der Waals surface area contributed by atoms with Gasteiger partial charge in [-0.2, -0.15) is 9.97 Å². The number of ether oxygens (including phenoxy) is 2. The highest BCUT2D eigenvalue weighted by Gasteiger charge is 2.27. The Hall–Kier alpha value is -4.45. The molecule has 12 heteroatoms. The summed E-state index contributed by atoms with van der Waals surface area (Å²) in [5.41, 5.74) is 10.6. The zero-order chi connectivity index (χ0) is 25.9. The lowest BCUT2D eigenvalue weighted by molar-refractivity contribution is 0.0940. The SMILES string of the molecule is COc1ccc(Nc2nc(N3CCC(NC(=O)c4ccc(C=N)c(N)c4)C3)nc3scnc23)cc1OC. The van der Waals surface area contributed by atoms with E-state index >= 15 is 0 Å². The van der Waals surface area contributed by atoms with E-state index in [0.29, 0.717) is 58.7 Å². The molecule has 1 atom stereocenters. The molecule has 1 fully saturated rings. The van der Waals surface area contributed by atoms with Gasteiger partial charge in [0, 0.05) is 53.9 Å². The second-order valence-corrected chi connectivity index (χ2v) is 9.30. The van der Waals surface area contributed by atoms with Gasteiger partial charge in [0.25, 0.3) is 5.91 Å². The van der Waals surface area contributed by atoms with Gasteiger partial charge < -0.3 is 36.2 Å². The fourth-order valence-electron chi connectivity index (χ4n) is 4.21. The first kappa shape index (κ1) is 24.3. The third kappa shape index (κ3) is 4.96. The number of hydrogen-bond acceptors (Lipinski definition) is 11. The molecule has 1 saturated heterocycles. The molecule has 11 nitrogen and oxygen atoms in total. The molecule has 1 unspecified atom stereocenters. The Morgan fingerprint density at radius 1 is 1.19 bits per heavy atom. The van der Waals surface area contributed by atoms with Crippen molar-refractivity contribution in [2.75, 3.05) is 43.3 Å². The highest BCUT2D eigenvalue weighted by atomic mass is 32.1. The van der Waals surface area contributed by atoms with Gasteiger partial charge in [0.15, 0.2) is 22.1 Å². The number of carbonyl (C=O) groups excluding carboxylic acids is 1. The molecule has 2 aromatic carbocycles. The average Bonchev–Trinajstić information content (AvgIpc) is 3.58. The molecular formula is C25H26N8O3S. The van der Waals surface area contributed by atoms with Gasteiger partial charge in [-0.25, -0.2) is 4.98 Å². The Morgan fingerprint density at radius 3 is 2.78 bits per heavy atom. The zero-order valence-electron chi connectivity index (χ0n) is 20.3. The predicted octanol–water partition coefficient (Wildman–Crippen LogP) is 3.44. The number of nitrogen functional groups attached to an aromatic ring is 1. The van der Waals surface area contributed by atoms with Crippen LogP contribution in [0.4, 0.5) is 23.1 Å². The maximum absolute atomic E-state index is 12.8. The second kappa shape index (κ2) is 10.3. The van der Waals surface area contributed by atoms with Crippen molar-refractivity contribution < 1.29 is 14.3 Å². The summed E-state index contributed by atoms with van der Waals surface area (Å²) in [6.07, 6.45) is 1.92. The van der Waals surface area contributed by atoms with E-state index in [1.54, 1.807) is 37.9 Å². The number of hydrogen-bond donors (Lipinski definition) is 4. The molecule has 5 N–H and O–H groups in total. The fourth-order valence-corrected chi connectivity index (χ4v) is 4.86. The standard InChI is InChI=1S/C25H26N8O3S/c1-35-19-6-5-16(10-20(19)36-2)29-22-21-24(37-13-28-21)32-25(31-22)33-8-7-17(12-33)30-23(34)14-3-4-15(11-26)18(27)9-14/h3-6,9-11,13,17,26H,7-8,12,27H2,1-2H3,(H,30,34)(H,29,31,32). The molecule has 3 heterocycles. The van der Waals surface area contributed by atoms with Crippen molar-refractivity contribution in [3.63, 3.8) is 0 Å². The summed E-state index contributed by atoms with van der Waals surface area (Å²) in [5.74, 6) is 2.18. The lowest BCUT2D eigenvalue weighted by Gasteiger charge is -2.18. The predicted molar refractivity (Wildman–Crippen MR) is 145 cm³/mol. The van der Waals surface area contributed by atoms with E-state index in [0.717, 1.165) is 16.9 Å². The van der Waals surface area contributed by atoms with Crippen LogP contribution in [-0.2, 0) is 0 Å². The van der Waals surface area contributed by atoms with Crippen LogP contribution < -0.4 is 30.7 Å². The quantitative estimate of drug-likeness (QED) is 0.203. The number of aromatic nitrogens is 3. The number of rotatable bonds is 8. The number of anilines is 4. The lowest BCUT2D eigenvalue weighted by Crippen LogP contribution is -2.37. The summed E-state index contributed by atoms with van der Waals surface area (Å²) in [4.78, 5) is 29.5. The lowest BCUT2D eigenvalue weighted by atomic mass is 10.1. The highest BCUT2D eigenvalue weighted by Crippen LogP contribution is 2.33. The maximum atomic E-state index is 12.8. The third-order valence-electron chi connectivity index (χ3n) is 6.14. The summed E-state index contributed by atoms with van der Waals surface area (Å²) in [5, 5.41) is 13.8. The van der Waals surface area contributed by atoms with Gasteiger partial charge in [-0.05, 0) is 30.7 Å². The third-order valence-corrected chi connectivity index (χ3v) is 6.86. The summed E-state index contributed by atoms with van der Waals surface area (Å²) in [7, 11) is 3.18. The molecular weight excluding hydrogens is 492 g/mol. The molecule has 0 aliphatic carbocycles. The summed E-state index contributed by atoms with van der Waals surface area (Å²) >= 11 is 1.44. The molecule has 4 aromatic rings. The molecule has 0 spiro atoms. The number of fused-ring (bicyclic) bond motifs is 1. The van der Waals surface area contributed by atoms with Gasteiger partial charge in [0.2, 0.25) is 5.95 Å². The maximum Gasteiger partial charge on any atom is 0.251 e. The minimum Gasteiger partial charge on any atom is -0.493 e. The number of amides is 1. The monoisotopic (exact) mass is 518 g/mol. The number of nitrogens with two attached hydrogens (primary N) is 1. The van der Waals surface area contributed by atoms with Crippen LogP contribution in [-0.4, -0.2) is 60.4 Å². The van der Waals surface area contributed by atoms with Crippen molar-refractivity contribution in [1.82, 2.24) is 20.3 Å². The smallest absolute Gasteiger partial charge is 0.251 e. The van der Waals surface area contributed by atoms with Crippen LogP contribution in [0.5, 0.6) is 11.5 Å². The van der Waals surface area contributed by atoms with Crippen LogP contribution >= 0.6 is 11.3 Å². The van der Waals surface area contributed by atoms with Crippen molar-refractivity contribution in [2.45, 2.75) is 12.5 Å². The number of nitrogens with zero attached hydrogens (tertiary/aromatic N) is 4. The van der Waals surface area contributed by atoms with E-state index in [-0.39, 0.29) is 11.9 Å². The molecule has 0 bridgehead atoms. The molecule has 190 valence electrons. The molecule has 1 amide bonds. The molecule has 1 aliphatic heterocycles. The minimum absolute atomic E-state index is 0.0702. The van der Waals surface area contributed by atoms with Crippen molar-refractivity contribution in [2.24, 2.45) is 0 Å². The van der Waals surface area contributed by atoms with Crippen LogP contribution in [0.1, 0.15) is 22.3 Å². The molecule has 0 radical (unpaired) electrons. The van der Waals surface area contributed by atoms with E-state index in [1.165, 1.54) is 17.6 Å². The average molecular weight is 519 g/mol. The second-order valence-electron chi connectivity index (χ2n) is 8.47. The Balaban J connectivity index is 1.33. The molecule has 0 saturated carbocycles. The van der Waals surface area contributed by atoms with Crippen LogP contribution in [0.25, 0.3) is 10.3 Å². The molecule has 5 rings (SSSR count). The number of carbonyl (C=O) groups is 1. The molecule has 2 aromatic heterocycles. The van der Waals surface area contributed by atoms with Gasteiger partial charge >= 0.3 is 0 Å². The zero-order valence-corrected chi connectivity index (χ0v) is 21.1. The Morgan fingerprint density at radius 2 is 2.03 bits per heavy atom. The van der Waals surface area contributed by atoms with Gasteiger partial charge in [0.05, 0.1) is 19.7 Å². The van der Waals surface area contributed by atoms with E-state index in [1.807, 2.05) is 18.2 Å². The van der Waals surface area contributed by atoms with Gasteiger partial charge in [-0.3, -0.25) is 4.79 Å². The largest absolute Gasteiger partial charge is 0.493 e. The van der Waals surface area contributed by atoms with E-state index in [2.05, 4.69) is 20.5 Å². The van der Waals surface area contributed by atoms with Crippen molar-refractivity contribution in [3.8, 4) is 11.5 Å². The first-order valence-corrected chi connectivity index (χ1v) is 12.4. The minimum atomic E-state index is -0.204. The highest BCUT2D eigenvalue weighted by molar-refractivity contribution is 7.16. The van der Waals surface area contributed by atoms with Crippen LogP contribution in [0.15, 0.2) is 41.9 Å². The summed E-state index contributed by atoms with van der Waals surface area (Å²) in [6.45, 7) is 1.26. The van der Waals surface area contributed by atoms with Crippen molar-refractivity contribution in [1.29, 1.82) is 5.41 Å². The van der Waals surface area contributed by atoms with E-state index < -0.39 is 0 Å². The van der Waals surface area contributed by atoms with E-state index in [9.17, 15) is 4.79 Å². The van der Waals surface area contributed by atoms with Crippen molar-refractivity contribution in [3.05, 3.63) is 53.0 Å². The molecule has 37 heavy (non-hydrogen) atoms. The normalized spacial score (nSPS) is 15.0. The van der Waals surface area contributed by atoms with Gasteiger partial charge in [-0.15, -0.1) is 11.3 Å². The van der Waals surface area contributed by atoms with Crippen LogP contribution in [0.2, 0.25) is 0 Å². The molecule has 1 aliphatic rings. The number of benzene rings is 2. The van der Waals surface area contributed by atoms with Crippen LogP contribution in [0, 0.1) is 5.41 Å². The van der Waals surface area contributed by atoms with Gasteiger partial charge in [0.1, 0.15) is 5.52 Å². The number of thiazole rings is 1. The topological polar surface area (TPSA) is 151 Å². The Bertz CT molecular complexity index is 1470. The van der Waals surface area contributed by atoms with E-state index in [4.69, 9.17) is 30.6 Å². The number of nitrogens with one attached hydrogen (secondary N) is 3. The van der Waals surface area contributed by atoms with Crippen LogP contribution in [0.3, 0.4) is 0 Å².